The monoisotopic (exact) mass is 301 g/mol. The van der Waals surface area contributed by atoms with Crippen LogP contribution in [0.1, 0.15) is 0 Å². The minimum atomic E-state index is -0.114. The standard InChI is InChI=1S/C15H15N3O2S/c1-2-7-18-14(20)13-12(17-15(18)21-9-8-19)10-5-3-4-6-11(10)16-13/h2-6,16,19H,1,7-9H2. The summed E-state index contributed by atoms with van der Waals surface area (Å²) in [6, 6.07) is 7.71. The van der Waals surface area contributed by atoms with Crippen LogP contribution in [0, 0.1) is 0 Å². The fourth-order valence-electron chi connectivity index (χ4n) is 2.31. The number of thioether (sulfide) groups is 1. The molecular formula is C15H15N3O2S. The number of aliphatic hydroxyl groups excluding tert-OH is 1. The molecule has 0 aliphatic rings. The van der Waals surface area contributed by atoms with Crippen LogP contribution in [-0.2, 0) is 6.54 Å². The number of hydrogen-bond acceptors (Lipinski definition) is 4. The third-order valence-corrected chi connectivity index (χ3v) is 4.17. The zero-order valence-electron chi connectivity index (χ0n) is 11.4. The van der Waals surface area contributed by atoms with Crippen LogP contribution in [0.25, 0.3) is 21.9 Å². The Morgan fingerprint density at radius 2 is 2.24 bits per heavy atom. The van der Waals surface area contributed by atoms with E-state index in [9.17, 15) is 4.79 Å². The largest absolute Gasteiger partial charge is 0.396 e. The van der Waals surface area contributed by atoms with E-state index in [0.29, 0.717) is 28.5 Å². The van der Waals surface area contributed by atoms with E-state index in [4.69, 9.17) is 5.11 Å². The number of hydrogen-bond donors (Lipinski definition) is 2. The van der Waals surface area contributed by atoms with Crippen LogP contribution in [0.15, 0.2) is 46.9 Å². The summed E-state index contributed by atoms with van der Waals surface area (Å²) in [5.74, 6) is 0.497. The lowest BCUT2D eigenvalue weighted by Crippen LogP contribution is -2.23. The molecule has 6 heteroatoms. The molecule has 0 saturated carbocycles. The van der Waals surface area contributed by atoms with Crippen molar-refractivity contribution in [3.05, 3.63) is 47.3 Å². The number of nitrogens with zero attached hydrogens (tertiary/aromatic N) is 2. The molecule has 5 nitrogen and oxygen atoms in total. The van der Waals surface area contributed by atoms with E-state index in [-0.39, 0.29) is 12.2 Å². The van der Waals surface area contributed by atoms with Crippen LogP contribution < -0.4 is 5.56 Å². The number of aromatic nitrogens is 3. The summed E-state index contributed by atoms with van der Waals surface area (Å²) in [6.07, 6.45) is 1.67. The van der Waals surface area contributed by atoms with E-state index < -0.39 is 0 Å². The van der Waals surface area contributed by atoms with Gasteiger partial charge in [-0.3, -0.25) is 9.36 Å². The average molecular weight is 301 g/mol. The molecular weight excluding hydrogens is 286 g/mol. The van der Waals surface area contributed by atoms with Crippen molar-refractivity contribution >= 4 is 33.7 Å². The molecule has 3 aromatic rings. The van der Waals surface area contributed by atoms with Crippen molar-refractivity contribution in [2.75, 3.05) is 12.4 Å². The molecule has 0 fully saturated rings. The zero-order valence-corrected chi connectivity index (χ0v) is 12.2. The first-order chi connectivity index (χ1) is 10.3. The van der Waals surface area contributed by atoms with E-state index in [1.165, 1.54) is 11.8 Å². The van der Waals surface area contributed by atoms with Gasteiger partial charge in [-0.1, -0.05) is 36.0 Å². The van der Waals surface area contributed by atoms with Gasteiger partial charge in [-0.15, -0.1) is 6.58 Å². The fourth-order valence-corrected chi connectivity index (χ4v) is 3.06. The Bertz CT molecular complexity index is 866. The van der Waals surface area contributed by atoms with Crippen LogP contribution in [-0.4, -0.2) is 32.0 Å². The highest BCUT2D eigenvalue weighted by Gasteiger charge is 2.14. The molecule has 0 amide bonds. The minimum Gasteiger partial charge on any atom is -0.396 e. The van der Waals surface area contributed by atoms with Crippen molar-refractivity contribution in [1.82, 2.24) is 14.5 Å². The molecule has 0 saturated heterocycles. The maximum Gasteiger partial charge on any atom is 0.278 e. The van der Waals surface area contributed by atoms with Gasteiger partial charge < -0.3 is 10.1 Å². The SMILES string of the molecule is C=CCn1c(SCCO)nc2c([nH]c3ccccc32)c1=O. The molecule has 0 spiro atoms. The van der Waals surface area contributed by atoms with Crippen LogP contribution >= 0.6 is 11.8 Å². The summed E-state index contributed by atoms with van der Waals surface area (Å²) in [4.78, 5) is 20.4. The van der Waals surface area contributed by atoms with Crippen molar-refractivity contribution in [3.63, 3.8) is 0 Å². The molecule has 0 aliphatic carbocycles. The molecule has 2 N–H and O–H groups in total. The van der Waals surface area contributed by atoms with Gasteiger partial charge in [-0.25, -0.2) is 4.98 Å². The third kappa shape index (κ3) is 2.36. The average Bonchev–Trinajstić information content (AvgIpc) is 2.87. The lowest BCUT2D eigenvalue weighted by molar-refractivity contribution is 0.322. The Balaban J connectivity index is 2.32. The van der Waals surface area contributed by atoms with Gasteiger partial charge in [0.1, 0.15) is 11.0 Å². The predicted octanol–water partition coefficient (Wildman–Crippen LogP) is 2.15. The number of aliphatic hydroxyl groups is 1. The summed E-state index contributed by atoms with van der Waals surface area (Å²) in [5, 5.41) is 10.5. The van der Waals surface area contributed by atoms with Crippen LogP contribution in [0.5, 0.6) is 0 Å². The van der Waals surface area contributed by atoms with E-state index in [1.54, 1.807) is 10.6 Å². The first-order valence-corrected chi connectivity index (χ1v) is 7.60. The highest BCUT2D eigenvalue weighted by molar-refractivity contribution is 7.99. The Morgan fingerprint density at radius 3 is 3.00 bits per heavy atom. The summed E-state index contributed by atoms with van der Waals surface area (Å²) in [6.45, 7) is 4.12. The summed E-state index contributed by atoms with van der Waals surface area (Å²) < 4.78 is 1.57. The predicted molar refractivity (Wildman–Crippen MR) is 85.9 cm³/mol. The lowest BCUT2D eigenvalue weighted by atomic mass is 10.2. The summed E-state index contributed by atoms with van der Waals surface area (Å²) in [7, 11) is 0. The first-order valence-electron chi connectivity index (χ1n) is 6.62. The zero-order chi connectivity index (χ0) is 14.8. The van der Waals surface area contributed by atoms with Crippen LogP contribution in [0.4, 0.5) is 0 Å². The van der Waals surface area contributed by atoms with Gasteiger partial charge in [0.15, 0.2) is 5.16 Å². The number of allylic oxidation sites excluding steroid dienone is 1. The van der Waals surface area contributed by atoms with Gasteiger partial charge in [0.05, 0.1) is 6.61 Å². The van der Waals surface area contributed by atoms with E-state index >= 15 is 0 Å². The van der Waals surface area contributed by atoms with Crippen molar-refractivity contribution in [2.24, 2.45) is 0 Å². The number of benzene rings is 1. The number of rotatable bonds is 5. The Labute approximate surface area is 125 Å². The highest BCUT2D eigenvalue weighted by Crippen LogP contribution is 2.24. The van der Waals surface area contributed by atoms with Gasteiger partial charge in [0.2, 0.25) is 0 Å². The van der Waals surface area contributed by atoms with Gasteiger partial charge >= 0.3 is 0 Å². The lowest BCUT2D eigenvalue weighted by Gasteiger charge is -2.09. The second kappa shape index (κ2) is 5.75. The molecule has 108 valence electrons. The van der Waals surface area contributed by atoms with E-state index in [1.807, 2.05) is 24.3 Å². The molecule has 3 rings (SSSR count). The van der Waals surface area contributed by atoms with Crippen LogP contribution in [0.3, 0.4) is 0 Å². The van der Waals surface area contributed by atoms with E-state index in [0.717, 1.165) is 10.9 Å². The molecule has 0 aliphatic heterocycles. The molecule has 21 heavy (non-hydrogen) atoms. The molecule has 2 heterocycles. The Kier molecular flexibility index (Phi) is 3.81. The second-order valence-electron chi connectivity index (χ2n) is 4.57. The van der Waals surface area contributed by atoms with Crippen molar-refractivity contribution in [3.8, 4) is 0 Å². The van der Waals surface area contributed by atoms with Crippen molar-refractivity contribution < 1.29 is 5.11 Å². The topological polar surface area (TPSA) is 70.9 Å². The van der Waals surface area contributed by atoms with Gasteiger partial charge in [0.25, 0.3) is 5.56 Å². The van der Waals surface area contributed by atoms with Crippen molar-refractivity contribution in [1.29, 1.82) is 0 Å². The highest BCUT2D eigenvalue weighted by atomic mass is 32.2. The normalized spacial score (nSPS) is 11.3. The molecule has 0 radical (unpaired) electrons. The Morgan fingerprint density at radius 1 is 1.43 bits per heavy atom. The van der Waals surface area contributed by atoms with Crippen molar-refractivity contribution in [2.45, 2.75) is 11.7 Å². The summed E-state index contributed by atoms with van der Waals surface area (Å²) in [5.41, 5.74) is 1.96. The number of aromatic amines is 1. The van der Waals surface area contributed by atoms with Gasteiger partial charge in [0, 0.05) is 23.2 Å². The first kappa shape index (κ1) is 13.9. The maximum atomic E-state index is 12.6. The second-order valence-corrected chi connectivity index (χ2v) is 5.63. The molecule has 2 aromatic heterocycles. The molecule has 0 unspecified atom stereocenters. The molecule has 0 atom stereocenters. The van der Waals surface area contributed by atoms with E-state index in [2.05, 4.69) is 16.5 Å². The molecule has 0 bridgehead atoms. The Hall–Kier alpha value is -2.05. The van der Waals surface area contributed by atoms with Crippen LogP contribution in [0.2, 0.25) is 0 Å². The fraction of sp³-hybridized carbons (Fsp3) is 0.200. The number of H-pyrrole nitrogens is 1. The quantitative estimate of drug-likeness (QED) is 0.430. The number of nitrogens with one attached hydrogen (secondary N) is 1. The summed E-state index contributed by atoms with van der Waals surface area (Å²) >= 11 is 1.37. The number of para-hydroxylation sites is 1. The molecule has 1 aromatic carbocycles. The smallest absolute Gasteiger partial charge is 0.278 e. The van der Waals surface area contributed by atoms with Gasteiger partial charge in [-0.05, 0) is 6.07 Å². The third-order valence-electron chi connectivity index (χ3n) is 3.21. The van der Waals surface area contributed by atoms with Gasteiger partial charge in [-0.2, -0.15) is 0 Å². The maximum absolute atomic E-state index is 12.6. The minimum absolute atomic E-state index is 0.0422. The number of fused-ring (bicyclic) bond motifs is 3.